The molecule has 0 amide bonds. The monoisotopic (exact) mass is 284 g/mol. The number of furan rings is 1. The first-order chi connectivity index (χ1) is 10.3. The van der Waals surface area contributed by atoms with Gasteiger partial charge >= 0.3 is 0 Å². The lowest BCUT2D eigenvalue weighted by molar-refractivity contribution is -0.0147. The van der Waals surface area contributed by atoms with Crippen LogP contribution in [-0.4, -0.2) is 12.7 Å². The summed E-state index contributed by atoms with van der Waals surface area (Å²) in [5, 5.41) is 0. The number of ether oxygens (including phenoxy) is 2. The van der Waals surface area contributed by atoms with Crippen molar-refractivity contribution in [3.05, 3.63) is 79.3 Å². The van der Waals surface area contributed by atoms with Crippen LogP contribution in [0.4, 0.5) is 0 Å². The fourth-order valence-electron chi connectivity index (χ4n) is 2.06. The van der Waals surface area contributed by atoms with Crippen LogP contribution < -0.4 is 0 Å². The lowest BCUT2D eigenvalue weighted by Gasteiger charge is -2.25. The summed E-state index contributed by atoms with van der Waals surface area (Å²) in [5.41, 5.74) is 0.924. The molecule has 1 aromatic carbocycles. The standard InChI is InChI=1S/C18H20O3/c1-4-16(19-5-2)18(17-12-9-13-20-17)21-14(3)15-10-7-6-8-11-15/h4,6-13,16,18H,1,3,5H2,2H3. The maximum Gasteiger partial charge on any atom is 0.185 e. The zero-order valence-electron chi connectivity index (χ0n) is 12.2. The van der Waals surface area contributed by atoms with E-state index in [2.05, 4.69) is 13.2 Å². The molecule has 0 aliphatic carbocycles. The van der Waals surface area contributed by atoms with Gasteiger partial charge in [-0.1, -0.05) is 43.0 Å². The highest BCUT2D eigenvalue weighted by Crippen LogP contribution is 2.30. The normalized spacial score (nSPS) is 13.4. The summed E-state index contributed by atoms with van der Waals surface area (Å²) in [6.07, 6.45) is 2.62. The summed E-state index contributed by atoms with van der Waals surface area (Å²) >= 11 is 0. The van der Waals surface area contributed by atoms with Gasteiger partial charge in [0.1, 0.15) is 17.6 Å². The van der Waals surface area contributed by atoms with Gasteiger partial charge in [0.2, 0.25) is 0 Å². The number of rotatable bonds is 8. The lowest BCUT2D eigenvalue weighted by atomic mass is 10.1. The smallest absolute Gasteiger partial charge is 0.185 e. The van der Waals surface area contributed by atoms with E-state index in [1.54, 1.807) is 12.3 Å². The van der Waals surface area contributed by atoms with Gasteiger partial charge in [0.05, 0.1) is 6.26 Å². The van der Waals surface area contributed by atoms with Crippen LogP contribution in [0.15, 0.2) is 72.4 Å². The van der Waals surface area contributed by atoms with Gasteiger partial charge in [-0.2, -0.15) is 0 Å². The van der Waals surface area contributed by atoms with Gasteiger partial charge in [-0.3, -0.25) is 0 Å². The first-order valence-electron chi connectivity index (χ1n) is 6.94. The molecule has 0 spiro atoms. The zero-order valence-corrected chi connectivity index (χ0v) is 12.2. The average molecular weight is 284 g/mol. The van der Waals surface area contributed by atoms with E-state index in [0.29, 0.717) is 18.1 Å². The van der Waals surface area contributed by atoms with Crippen molar-refractivity contribution >= 4 is 5.76 Å². The van der Waals surface area contributed by atoms with Gasteiger partial charge < -0.3 is 13.9 Å². The molecular formula is C18H20O3. The Hall–Kier alpha value is -2.26. The Balaban J connectivity index is 2.20. The first-order valence-corrected chi connectivity index (χ1v) is 6.94. The lowest BCUT2D eigenvalue weighted by Crippen LogP contribution is -2.22. The molecule has 1 aromatic heterocycles. The topological polar surface area (TPSA) is 31.6 Å². The van der Waals surface area contributed by atoms with Crippen molar-refractivity contribution in [2.24, 2.45) is 0 Å². The van der Waals surface area contributed by atoms with Crippen LogP contribution in [0, 0.1) is 0 Å². The molecule has 2 atom stereocenters. The molecule has 0 N–H and O–H groups in total. The third-order valence-electron chi connectivity index (χ3n) is 3.08. The van der Waals surface area contributed by atoms with E-state index in [-0.39, 0.29) is 6.10 Å². The molecule has 2 rings (SSSR count). The minimum atomic E-state index is -0.412. The van der Waals surface area contributed by atoms with Gasteiger partial charge in [0, 0.05) is 12.2 Å². The molecule has 2 aromatic rings. The van der Waals surface area contributed by atoms with E-state index in [4.69, 9.17) is 13.9 Å². The molecule has 0 aliphatic rings. The van der Waals surface area contributed by atoms with E-state index < -0.39 is 6.10 Å². The molecule has 0 aliphatic heterocycles. The van der Waals surface area contributed by atoms with Crippen molar-refractivity contribution < 1.29 is 13.9 Å². The molecular weight excluding hydrogens is 264 g/mol. The van der Waals surface area contributed by atoms with Crippen molar-refractivity contribution in [3.63, 3.8) is 0 Å². The quantitative estimate of drug-likeness (QED) is 0.524. The van der Waals surface area contributed by atoms with Gasteiger partial charge in [-0.05, 0) is 19.1 Å². The molecule has 2 unspecified atom stereocenters. The fourth-order valence-corrected chi connectivity index (χ4v) is 2.06. The summed E-state index contributed by atoms with van der Waals surface area (Å²) in [4.78, 5) is 0. The molecule has 3 nitrogen and oxygen atoms in total. The Kier molecular flexibility index (Phi) is 5.41. The van der Waals surface area contributed by atoms with Gasteiger partial charge in [-0.25, -0.2) is 0 Å². The SMILES string of the molecule is C=CC(OCC)C(OC(=C)c1ccccc1)c1ccco1. The molecule has 21 heavy (non-hydrogen) atoms. The van der Waals surface area contributed by atoms with Crippen molar-refractivity contribution in [2.75, 3.05) is 6.61 Å². The Morgan fingerprint density at radius 1 is 1.24 bits per heavy atom. The summed E-state index contributed by atoms with van der Waals surface area (Å²) in [5.74, 6) is 1.26. The number of hydrogen-bond donors (Lipinski definition) is 0. The van der Waals surface area contributed by atoms with Crippen LogP contribution in [0.3, 0.4) is 0 Å². The van der Waals surface area contributed by atoms with Crippen molar-refractivity contribution in [2.45, 2.75) is 19.1 Å². The third kappa shape index (κ3) is 3.86. The summed E-state index contributed by atoms with van der Waals surface area (Å²) in [7, 11) is 0. The highest BCUT2D eigenvalue weighted by Gasteiger charge is 2.26. The minimum Gasteiger partial charge on any atom is -0.479 e. The maximum atomic E-state index is 6.00. The molecule has 110 valence electrons. The molecule has 0 bridgehead atoms. The largest absolute Gasteiger partial charge is 0.479 e. The van der Waals surface area contributed by atoms with Crippen molar-refractivity contribution in [1.29, 1.82) is 0 Å². The maximum absolute atomic E-state index is 6.00. The Morgan fingerprint density at radius 3 is 2.57 bits per heavy atom. The second kappa shape index (κ2) is 7.50. The van der Waals surface area contributed by atoms with Crippen LogP contribution in [-0.2, 0) is 9.47 Å². The van der Waals surface area contributed by atoms with E-state index in [1.165, 1.54) is 0 Å². The summed E-state index contributed by atoms with van der Waals surface area (Å²) in [6.45, 7) is 10.3. The van der Waals surface area contributed by atoms with Crippen LogP contribution in [0.2, 0.25) is 0 Å². The number of hydrogen-bond acceptors (Lipinski definition) is 3. The van der Waals surface area contributed by atoms with E-state index >= 15 is 0 Å². The molecule has 0 saturated carbocycles. The van der Waals surface area contributed by atoms with E-state index in [9.17, 15) is 0 Å². The molecule has 0 radical (unpaired) electrons. The predicted molar refractivity (Wildman–Crippen MR) is 83.6 cm³/mol. The first kappa shape index (κ1) is 15.1. The van der Waals surface area contributed by atoms with Gasteiger partial charge in [0.15, 0.2) is 6.10 Å². The predicted octanol–water partition coefficient (Wildman–Crippen LogP) is 4.60. The second-order valence-corrected chi connectivity index (χ2v) is 4.50. The number of benzene rings is 1. The van der Waals surface area contributed by atoms with Crippen LogP contribution in [0.1, 0.15) is 24.4 Å². The zero-order chi connectivity index (χ0) is 15.1. The van der Waals surface area contributed by atoms with Gasteiger partial charge in [0.25, 0.3) is 0 Å². The van der Waals surface area contributed by atoms with Gasteiger partial charge in [-0.15, -0.1) is 6.58 Å². The van der Waals surface area contributed by atoms with Crippen LogP contribution in [0.5, 0.6) is 0 Å². The Morgan fingerprint density at radius 2 is 2.00 bits per heavy atom. The molecule has 1 heterocycles. The molecule has 0 fully saturated rings. The third-order valence-corrected chi connectivity index (χ3v) is 3.08. The Bertz CT molecular complexity index is 557. The highest BCUT2D eigenvalue weighted by molar-refractivity contribution is 5.57. The highest BCUT2D eigenvalue weighted by atomic mass is 16.5. The van der Waals surface area contributed by atoms with Crippen molar-refractivity contribution in [3.8, 4) is 0 Å². The minimum absolute atomic E-state index is 0.304. The van der Waals surface area contributed by atoms with Crippen LogP contribution >= 0.6 is 0 Å². The summed E-state index contributed by atoms with van der Waals surface area (Å²) < 4.78 is 17.1. The average Bonchev–Trinajstić information content (AvgIpc) is 3.05. The van der Waals surface area contributed by atoms with E-state index in [1.807, 2.05) is 49.4 Å². The Labute approximate surface area is 125 Å². The fraction of sp³-hybridized carbons (Fsp3) is 0.222. The van der Waals surface area contributed by atoms with E-state index in [0.717, 1.165) is 5.56 Å². The van der Waals surface area contributed by atoms with Crippen LogP contribution in [0.25, 0.3) is 5.76 Å². The molecule has 3 heteroatoms. The van der Waals surface area contributed by atoms with Crippen molar-refractivity contribution in [1.82, 2.24) is 0 Å². The second-order valence-electron chi connectivity index (χ2n) is 4.50. The summed E-state index contributed by atoms with van der Waals surface area (Å²) in [6, 6.07) is 13.4. The molecule has 0 saturated heterocycles.